The van der Waals surface area contributed by atoms with E-state index in [2.05, 4.69) is 5.32 Å². The molecule has 0 saturated heterocycles. The van der Waals surface area contributed by atoms with Gasteiger partial charge in [-0.2, -0.15) is 0 Å². The van der Waals surface area contributed by atoms with Crippen molar-refractivity contribution in [3.8, 4) is 0 Å². The molecule has 0 aliphatic heterocycles. The summed E-state index contributed by atoms with van der Waals surface area (Å²) in [4.78, 5) is 36.6. The van der Waals surface area contributed by atoms with Crippen LogP contribution in [0.2, 0.25) is 0 Å². The summed E-state index contributed by atoms with van der Waals surface area (Å²) in [6.07, 6.45) is 0. The van der Waals surface area contributed by atoms with Crippen LogP contribution < -0.4 is 11.1 Å². The molecular formula is C18H20N2O4S. The Bertz CT molecular complexity index is 855. The molecule has 2 aromatic rings. The minimum absolute atomic E-state index is 0.131. The number of carbonyl (C=O) groups excluding carboxylic acids is 3. The Balaban J connectivity index is 2.41. The molecule has 0 saturated carbocycles. The Morgan fingerprint density at radius 3 is 2.44 bits per heavy atom. The lowest BCUT2D eigenvalue weighted by atomic mass is 10.1. The highest BCUT2D eigenvalue weighted by Crippen LogP contribution is 2.33. The first-order valence-electron chi connectivity index (χ1n) is 7.75. The van der Waals surface area contributed by atoms with E-state index in [0.717, 1.165) is 22.5 Å². The highest BCUT2D eigenvalue weighted by molar-refractivity contribution is 7.18. The number of hydrogen-bond donors (Lipinski definition) is 2. The number of anilines is 1. The van der Waals surface area contributed by atoms with Gasteiger partial charge in [-0.15, -0.1) is 11.3 Å². The lowest BCUT2D eigenvalue weighted by Gasteiger charge is -2.08. The molecule has 1 aromatic carbocycles. The van der Waals surface area contributed by atoms with Crippen LogP contribution in [0.5, 0.6) is 0 Å². The highest BCUT2D eigenvalue weighted by Gasteiger charge is 2.25. The lowest BCUT2D eigenvalue weighted by Crippen LogP contribution is -2.18. The third-order valence-electron chi connectivity index (χ3n) is 3.71. The standard InChI is InChI=1S/C18H20N2O4S/c1-5-24-18(23)14-11(4)13(15(19)21)17(25-14)20-16(22)12-7-6-9(2)8-10(12)3/h6-8H,5H2,1-4H3,(H2,19,21)(H,20,22). The van der Waals surface area contributed by atoms with Gasteiger partial charge < -0.3 is 15.8 Å². The predicted octanol–water partition coefficient (Wildman–Crippen LogP) is 3.20. The summed E-state index contributed by atoms with van der Waals surface area (Å²) >= 11 is 0.987. The maximum atomic E-state index is 12.6. The van der Waals surface area contributed by atoms with Crippen molar-refractivity contribution in [2.24, 2.45) is 5.73 Å². The summed E-state index contributed by atoms with van der Waals surface area (Å²) in [6.45, 7) is 7.29. The monoisotopic (exact) mass is 360 g/mol. The van der Waals surface area contributed by atoms with Crippen molar-refractivity contribution >= 4 is 34.1 Å². The number of aryl methyl sites for hydroxylation is 2. The Morgan fingerprint density at radius 2 is 1.88 bits per heavy atom. The van der Waals surface area contributed by atoms with Gasteiger partial charge in [-0.05, 0) is 44.9 Å². The SMILES string of the molecule is CCOC(=O)c1sc(NC(=O)c2ccc(C)cc2C)c(C(N)=O)c1C. The first-order chi connectivity index (χ1) is 11.8. The molecule has 3 N–H and O–H groups in total. The van der Waals surface area contributed by atoms with Crippen LogP contribution in [-0.2, 0) is 4.74 Å². The van der Waals surface area contributed by atoms with E-state index in [0.29, 0.717) is 11.1 Å². The van der Waals surface area contributed by atoms with Gasteiger partial charge in [-0.25, -0.2) is 4.79 Å². The van der Waals surface area contributed by atoms with E-state index >= 15 is 0 Å². The molecule has 2 amide bonds. The molecule has 132 valence electrons. The van der Waals surface area contributed by atoms with E-state index in [9.17, 15) is 14.4 Å². The predicted molar refractivity (Wildman–Crippen MR) is 97.4 cm³/mol. The molecule has 25 heavy (non-hydrogen) atoms. The first-order valence-corrected chi connectivity index (χ1v) is 8.56. The number of carbonyl (C=O) groups is 3. The van der Waals surface area contributed by atoms with E-state index in [-0.39, 0.29) is 28.0 Å². The van der Waals surface area contributed by atoms with E-state index < -0.39 is 11.9 Å². The van der Waals surface area contributed by atoms with Gasteiger partial charge in [0.1, 0.15) is 9.88 Å². The number of hydrogen-bond acceptors (Lipinski definition) is 5. The Morgan fingerprint density at radius 1 is 1.20 bits per heavy atom. The van der Waals surface area contributed by atoms with Gasteiger partial charge in [0.15, 0.2) is 0 Å². The molecule has 2 rings (SSSR count). The van der Waals surface area contributed by atoms with Crippen LogP contribution in [0, 0.1) is 20.8 Å². The lowest BCUT2D eigenvalue weighted by molar-refractivity contribution is 0.0531. The van der Waals surface area contributed by atoms with Crippen molar-refractivity contribution in [3.05, 3.63) is 50.9 Å². The number of ether oxygens (including phenoxy) is 1. The second-order valence-corrected chi connectivity index (χ2v) is 6.64. The largest absolute Gasteiger partial charge is 0.462 e. The fourth-order valence-corrected chi connectivity index (χ4v) is 3.63. The third kappa shape index (κ3) is 3.88. The van der Waals surface area contributed by atoms with Gasteiger partial charge in [-0.3, -0.25) is 9.59 Å². The summed E-state index contributed by atoms with van der Waals surface area (Å²) in [5, 5.41) is 2.95. The first kappa shape index (κ1) is 18.7. The number of thiophene rings is 1. The average Bonchev–Trinajstić information content (AvgIpc) is 2.83. The topological polar surface area (TPSA) is 98.5 Å². The molecule has 7 heteroatoms. The second-order valence-electron chi connectivity index (χ2n) is 5.62. The molecule has 0 unspecified atom stereocenters. The maximum absolute atomic E-state index is 12.6. The highest BCUT2D eigenvalue weighted by atomic mass is 32.1. The van der Waals surface area contributed by atoms with Crippen LogP contribution in [0.25, 0.3) is 0 Å². The zero-order valence-corrected chi connectivity index (χ0v) is 15.4. The van der Waals surface area contributed by atoms with Crippen molar-refractivity contribution in [3.63, 3.8) is 0 Å². The Hall–Kier alpha value is -2.67. The minimum Gasteiger partial charge on any atom is -0.462 e. The minimum atomic E-state index is -0.708. The maximum Gasteiger partial charge on any atom is 0.348 e. The molecule has 1 heterocycles. The van der Waals surface area contributed by atoms with Crippen molar-refractivity contribution < 1.29 is 19.1 Å². The molecule has 0 bridgehead atoms. The fraction of sp³-hybridized carbons (Fsp3) is 0.278. The summed E-state index contributed by atoms with van der Waals surface area (Å²) in [5.41, 5.74) is 8.32. The van der Waals surface area contributed by atoms with Crippen LogP contribution >= 0.6 is 11.3 Å². The summed E-state index contributed by atoms with van der Waals surface area (Å²) < 4.78 is 4.99. The van der Waals surface area contributed by atoms with Crippen LogP contribution in [0.15, 0.2) is 18.2 Å². The van der Waals surface area contributed by atoms with Gasteiger partial charge in [-0.1, -0.05) is 17.7 Å². The zero-order valence-electron chi connectivity index (χ0n) is 14.6. The molecule has 0 radical (unpaired) electrons. The summed E-state index contributed by atoms with van der Waals surface area (Å²) in [7, 11) is 0. The zero-order chi connectivity index (χ0) is 18.7. The van der Waals surface area contributed by atoms with Gasteiger partial charge in [0.05, 0.1) is 12.2 Å². The van der Waals surface area contributed by atoms with Gasteiger partial charge in [0.2, 0.25) is 0 Å². The van der Waals surface area contributed by atoms with Crippen molar-refractivity contribution in [2.45, 2.75) is 27.7 Å². The molecule has 6 nitrogen and oxygen atoms in total. The Kier molecular flexibility index (Phi) is 5.58. The van der Waals surface area contributed by atoms with E-state index in [4.69, 9.17) is 10.5 Å². The molecule has 0 aliphatic rings. The number of rotatable bonds is 5. The van der Waals surface area contributed by atoms with Gasteiger partial charge in [0.25, 0.3) is 11.8 Å². The van der Waals surface area contributed by atoms with Crippen LogP contribution in [-0.4, -0.2) is 24.4 Å². The quantitative estimate of drug-likeness (QED) is 0.800. The number of esters is 1. The Labute approximate surface area is 150 Å². The second kappa shape index (κ2) is 7.48. The molecule has 1 aromatic heterocycles. The normalized spacial score (nSPS) is 10.4. The van der Waals surface area contributed by atoms with Gasteiger partial charge >= 0.3 is 5.97 Å². The molecule has 0 atom stereocenters. The van der Waals surface area contributed by atoms with Crippen molar-refractivity contribution in [2.75, 3.05) is 11.9 Å². The molecule has 0 spiro atoms. The number of nitrogens with two attached hydrogens (primary N) is 1. The number of nitrogens with one attached hydrogen (secondary N) is 1. The summed E-state index contributed by atoms with van der Waals surface area (Å²) in [6, 6.07) is 5.45. The number of primary amides is 1. The van der Waals surface area contributed by atoms with E-state index in [1.165, 1.54) is 0 Å². The summed E-state index contributed by atoms with van der Waals surface area (Å²) in [5.74, 6) is -1.61. The van der Waals surface area contributed by atoms with E-state index in [1.54, 1.807) is 19.9 Å². The number of amides is 2. The van der Waals surface area contributed by atoms with Gasteiger partial charge in [0, 0.05) is 5.56 Å². The third-order valence-corrected chi connectivity index (χ3v) is 4.89. The molecule has 0 fully saturated rings. The van der Waals surface area contributed by atoms with E-state index in [1.807, 2.05) is 26.0 Å². The molecular weight excluding hydrogens is 340 g/mol. The van der Waals surface area contributed by atoms with Crippen molar-refractivity contribution in [1.82, 2.24) is 0 Å². The number of benzene rings is 1. The van der Waals surface area contributed by atoms with Crippen LogP contribution in [0.1, 0.15) is 54.0 Å². The molecule has 0 aliphatic carbocycles. The fourth-order valence-electron chi connectivity index (χ4n) is 2.53. The average molecular weight is 360 g/mol. The van der Waals surface area contributed by atoms with Crippen LogP contribution in [0.3, 0.4) is 0 Å². The smallest absolute Gasteiger partial charge is 0.348 e. The van der Waals surface area contributed by atoms with Crippen molar-refractivity contribution in [1.29, 1.82) is 0 Å². The van der Waals surface area contributed by atoms with Crippen LogP contribution in [0.4, 0.5) is 5.00 Å².